The number of carbonyl (C=O) groups is 1. The Morgan fingerprint density at radius 3 is 2.52 bits per heavy atom. The van der Waals surface area contributed by atoms with Gasteiger partial charge in [0.1, 0.15) is 5.75 Å². The Kier molecular flexibility index (Phi) is 4.63. The summed E-state index contributed by atoms with van der Waals surface area (Å²) in [6.07, 6.45) is 0.107. The number of nitrogens with one attached hydrogen (secondary N) is 1. The van der Waals surface area contributed by atoms with Gasteiger partial charge in [-0.2, -0.15) is 0 Å². The molecule has 110 valence electrons. The van der Waals surface area contributed by atoms with Crippen molar-refractivity contribution in [1.82, 2.24) is 0 Å². The second kappa shape index (κ2) is 6.44. The fourth-order valence-electron chi connectivity index (χ4n) is 2.19. The molecule has 2 rings (SSSR count). The monoisotopic (exact) mass is 283 g/mol. The molecule has 3 nitrogen and oxygen atoms in total. The highest BCUT2D eigenvalue weighted by Crippen LogP contribution is 2.20. The van der Waals surface area contributed by atoms with Crippen LogP contribution in [0.5, 0.6) is 5.75 Å². The fourth-order valence-corrected chi connectivity index (χ4v) is 2.19. The van der Waals surface area contributed by atoms with Gasteiger partial charge in [0.05, 0.1) is 6.10 Å². The van der Waals surface area contributed by atoms with Crippen LogP contribution < -0.4 is 10.1 Å². The molecule has 0 fully saturated rings. The van der Waals surface area contributed by atoms with Crippen molar-refractivity contribution in [1.29, 1.82) is 0 Å². The van der Waals surface area contributed by atoms with Crippen molar-refractivity contribution in [3.05, 3.63) is 59.2 Å². The molecule has 0 radical (unpaired) electrons. The first kappa shape index (κ1) is 15.1. The molecule has 1 amide bonds. The Bertz CT molecular complexity index is 647. The molecule has 1 N–H and O–H groups in total. The summed E-state index contributed by atoms with van der Waals surface area (Å²) in [5.41, 5.74) is 3.55. The number of rotatable bonds is 4. The number of carbonyl (C=O) groups excluding carboxylic acids is 1. The zero-order valence-corrected chi connectivity index (χ0v) is 12.9. The quantitative estimate of drug-likeness (QED) is 0.906. The zero-order valence-electron chi connectivity index (χ0n) is 12.9. The van der Waals surface area contributed by atoms with Crippen LogP contribution in [0.15, 0.2) is 42.5 Å². The molecule has 2 aromatic rings. The van der Waals surface area contributed by atoms with Gasteiger partial charge < -0.3 is 10.1 Å². The van der Waals surface area contributed by atoms with Crippen molar-refractivity contribution < 1.29 is 9.53 Å². The van der Waals surface area contributed by atoms with Gasteiger partial charge in [0.15, 0.2) is 0 Å². The van der Waals surface area contributed by atoms with E-state index in [1.165, 1.54) is 0 Å². The van der Waals surface area contributed by atoms with Gasteiger partial charge in [-0.3, -0.25) is 4.79 Å². The van der Waals surface area contributed by atoms with Gasteiger partial charge in [-0.1, -0.05) is 23.8 Å². The lowest BCUT2D eigenvalue weighted by Crippen LogP contribution is -2.13. The predicted molar refractivity (Wildman–Crippen MR) is 86.1 cm³/mol. The third-order valence-corrected chi connectivity index (χ3v) is 3.09. The number of amides is 1. The van der Waals surface area contributed by atoms with E-state index in [2.05, 4.69) is 5.32 Å². The summed E-state index contributed by atoms with van der Waals surface area (Å²) in [6.45, 7) is 7.91. The van der Waals surface area contributed by atoms with Crippen LogP contribution in [0.25, 0.3) is 0 Å². The first-order valence-electron chi connectivity index (χ1n) is 7.11. The van der Waals surface area contributed by atoms with Gasteiger partial charge in [0, 0.05) is 17.3 Å². The molecular formula is C18H21NO2. The SMILES string of the molecule is Cc1ccc(C(=O)Nc2cccc(OC(C)C)c2)c(C)c1. The number of hydrogen-bond acceptors (Lipinski definition) is 2. The van der Waals surface area contributed by atoms with Crippen molar-refractivity contribution in [3.63, 3.8) is 0 Å². The topological polar surface area (TPSA) is 38.3 Å². The lowest BCUT2D eigenvalue weighted by atomic mass is 10.1. The second-order valence-electron chi connectivity index (χ2n) is 5.47. The van der Waals surface area contributed by atoms with Crippen LogP contribution in [0.1, 0.15) is 35.3 Å². The Morgan fingerprint density at radius 2 is 1.86 bits per heavy atom. The highest BCUT2D eigenvalue weighted by Gasteiger charge is 2.09. The maximum Gasteiger partial charge on any atom is 0.255 e. The standard InChI is InChI=1S/C18H21NO2/c1-12(2)21-16-7-5-6-15(11-16)19-18(20)17-9-8-13(3)10-14(17)4/h5-12H,1-4H3,(H,19,20). The maximum absolute atomic E-state index is 12.3. The smallest absolute Gasteiger partial charge is 0.255 e. The van der Waals surface area contributed by atoms with Gasteiger partial charge in [-0.05, 0) is 51.5 Å². The Balaban J connectivity index is 2.15. The van der Waals surface area contributed by atoms with Crippen LogP contribution in [0, 0.1) is 13.8 Å². The third-order valence-electron chi connectivity index (χ3n) is 3.09. The molecule has 0 unspecified atom stereocenters. The maximum atomic E-state index is 12.3. The summed E-state index contributed by atoms with van der Waals surface area (Å²) >= 11 is 0. The van der Waals surface area contributed by atoms with Crippen molar-refractivity contribution in [2.24, 2.45) is 0 Å². The van der Waals surface area contributed by atoms with Crippen LogP contribution in [0.2, 0.25) is 0 Å². The van der Waals surface area contributed by atoms with Crippen molar-refractivity contribution >= 4 is 11.6 Å². The van der Waals surface area contributed by atoms with E-state index < -0.39 is 0 Å². The summed E-state index contributed by atoms with van der Waals surface area (Å²) in [5, 5.41) is 2.91. The minimum atomic E-state index is -0.103. The van der Waals surface area contributed by atoms with E-state index in [4.69, 9.17) is 4.74 Å². The molecule has 0 aliphatic heterocycles. The van der Waals surface area contributed by atoms with Gasteiger partial charge in [0.2, 0.25) is 0 Å². The first-order valence-corrected chi connectivity index (χ1v) is 7.11. The molecular weight excluding hydrogens is 262 g/mol. The summed E-state index contributed by atoms with van der Waals surface area (Å²) in [6, 6.07) is 13.3. The lowest BCUT2D eigenvalue weighted by Gasteiger charge is -2.12. The van der Waals surface area contributed by atoms with E-state index in [0.717, 1.165) is 22.6 Å². The molecule has 21 heavy (non-hydrogen) atoms. The molecule has 0 saturated heterocycles. The third kappa shape index (κ3) is 4.09. The van der Waals surface area contributed by atoms with Gasteiger partial charge in [0.25, 0.3) is 5.91 Å². The number of hydrogen-bond donors (Lipinski definition) is 1. The summed E-state index contributed by atoms with van der Waals surface area (Å²) in [4.78, 5) is 12.3. The van der Waals surface area contributed by atoms with Gasteiger partial charge in [-0.15, -0.1) is 0 Å². The number of aryl methyl sites for hydroxylation is 2. The van der Waals surface area contributed by atoms with E-state index in [-0.39, 0.29) is 12.0 Å². The minimum absolute atomic E-state index is 0.103. The molecule has 0 bridgehead atoms. The average Bonchev–Trinajstić information content (AvgIpc) is 2.37. The van der Waals surface area contributed by atoms with Crippen molar-refractivity contribution in [2.45, 2.75) is 33.8 Å². The summed E-state index contributed by atoms with van der Waals surface area (Å²) in [7, 11) is 0. The largest absolute Gasteiger partial charge is 0.491 e. The highest BCUT2D eigenvalue weighted by molar-refractivity contribution is 6.05. The van der Waals surface area contributed by atoms with Gasteiger partial charge in [-0.25, -0.2) is 0 Å². The average molecular weight is 283 g/mol. The zero-order chi connectivity index (χ0) is 15.4. The molecule has 0 aliphatic carbocycles. The number of benzene rings is 2. The van der Waals surface area contributed by atoms with Crippen LogP contribution >= 0.6 is 0 Å². The van der Waals surface area contributed by atoms with Gasteiger partial charge >= 0.3 is 0 Å². The fraction of sp³-hybridized carbons (Fsp3) is 0.278. The van der Waals surface area contributed by atoms with Crippen molar-refractivity contribution in [2.75, 3.05) is 5.32 Å². The van der Waals surface area contributed by atoms with Crippen LogP contribution in [-0.2, 0) is 0 Å². The molecule has 2 aromatic carbocycles. The molecule has 0 aliphatic rings. The van der Waals surface area contributed by atoms with E-state index in [9.17, 15) is 4.79 Å². The molecule has 0 aromatic heterocycles. The van der Waals surface area contributed by atoms with Crippen LogP contribution in [-0.4, -0.2) is 12.0 Å². The second-order valence-corrected chi connectivity index (χ2v) is 5.47. The summed E-state index contributed by atoms with van der Waals surface area (Å²) in [5.74, 6) is 0.651. The molecule has 0 spiro atoms. The Morgan fingerprint density at radius 1 is 1.10 bits per heavy atom. The molecule has 0 heterocycles. The van der Waals surface area contributed by atoms with E-state index in [1.54, 1.807) is 0 Å². The molecule has 3 heteroatoms. The normalized spacial score (nSPS) is 10.5. The minimum Gasteiger partial charge on any atom is -0.491 e. The van der Waals surface area contributed by atoms with Crippen molar-refractivity contribution in [3.8, 4) is 5.75 Å². The Labute approximate surface area is 126 Å². The number of anilines is 1. The summed E-state index contributed by atoms with van der Waals surface area (Å²) < 4.78 is 5.63. The molecule has 0 saturated carbocycles. The Hall–Kier alpha value is -2.29. The highest BCUT2D eigenvalue weighted by atomic mass is 16.5. The van der Waals surface area contributed by atoms with E-state index >= 15 is 0 Å². The number of ether oxygens (including phenoxy) is 1. The van der Waals surface area contributed by atoms with E-state index in [0.29, 0.717) is 5.56 Å². The first-order chi connectivity index (χ1) is 9.95. The lowest BCUT2D eigenvalue weighted by molar-refractivity contribution is 0.102. The van der Waals surface area contributed by atoms with Crippen LogP contribution in [0.3, 0.4) is 0 Å². The van der Waals surface area contributed by atoms with E-state index in [1.807, 2.05) is 70.2 Å². The van der Waals surface area contributed by atoms with Crippen LogP contribution in [0.4, 0.5) is 5.69 Å². The predicted octanol–water partition coefficient (Wildman–Crippen LogP) is 4.34. The molecule has 0 atom stereocenters.